The topological polar surface area (TPSA) is 24.9 Å². The molecule has 2 rings (SSSR count). The van der Waals surface area contributed by atoms with Crippen LogP contribution in [0.15, 0.2) is 5.38 Å². The van der Waals surface area contributed by atoms with Gasteiger partial charge in [-0.25, -0.2) is 4.98 Å². The number of aromatic nitrogens is 1. The number of nitrogens with zero attached hydrogens (tertiary/aromatic N) is 1. The fourth-order valence-corrected chi connectivity index (χ4v) is 3.53. The minimum absolute atomic E-state index is 0.401. The fourth-order valence-electron chi connectivity index (χ4n) is 2.45. The van der Waals surface area contributed by atoms with Crippen LogP contribution in [0.25, 0.3) is 0 Å². The summed E-state index contributed by atoms with van der Waals surface area (Å²) >= 11 is 1.86. The molecule has 0 aliphatic heterocycles. The summed E-state index contributed by atoms with van der Waals surface area (Å²) in [5, 5.41) is 7.03. The molecular weight excluding hydrogens is 216 g/mol. The molecule has 1 aliphatic rings. The molecule has 1 saturated carbocycles. The molecule has 3 heteroatoms. The summed E-state index contributed by atoms with van der Waals surface area (Å²) in [5.74, 6) is 0.751. The summed E-state index contributed by atoms with van der Waals surface area (Å²) in [5.41, 5.74) is 1.23. The second-order valence-electron chi connectivity index (χ2n) is 4.72. The van der Waals surface area contributed by atoms with Crippen molar-refractivity contribution < 1.29 is 0 Å². The summed E-state index contributed by atoms with van der Waals surface area (Å²) in [6.07, 6.45) is 6.90. The molecule has 0 bridgehead atoms. The predicted octanol–water partition coefficient (Wildman–Crippen LogP) is 3.86. The van der Waals surface area contributed by atoms with Gasteiger partial charge in [-0.15, -0.1) is 11.3 Å². The molecule has 1 atom stereocenters. The molecule has 1 N–H and O–H groups in total. The van der Waals surface area contributed by atoms with Crippen LogP contribution in [0, 0.1) is 0 Å². The van der Waals surface area contributed by atoms with Gasteiger partial charge in [0.25, 0.3) is 0 Å². The second kappa shape index (κ2) is 5.78. The van der Waals surface area contributed by atoms with Gasteiger partial charge in [0.05, 0.1) is 10.7 Å². The molecule has 0 aromatic carbocycles. The maximum absolute atomic E-state index is 4.81. The third kappa shape index (κ3) is 2.83. The summed E-state index contributed by atoms with van der Waals surface area (Å²) in [4.78, 5) is 4.81. The van der Waals surface area contributed by atoms with E-state index in [9.17, 15) is 0 Å². The maximum Gasteiger partial charge on any atom is 0.0959 e. The van der Waals surface area contributed by atoms with E-state index >= 15 is 0 Å². The lowest BCUT2D eigenvalue weighted by atomic mass is 9.90. The van der Waals surface area contributed by atoms with E-state index in [1.165, 1.54) is 42.8 Å². The molecule has 16 heavy (non-hydrogen) atoms. The van der Waals surface area contributed by atoms with Crippen LogP contribution in [-0.4, -0.2) is 11.5 Å². The van der Waals surface area contributed by atoms with Gasteiger partial charge >= 0.3 is 0 Å². The molecule has 1 unspecified atom stereocenters. The van der Waals surface area contributed by atoms with Gasteiger partial charge in [-0.2, -0.15) is 0 Å². The highest BCUT2D eigenvalue weighted by Gasteiger charge is 2.19. The van der Waals surface area contributed by atoms with Crippen LogP contribution in [-0.2, 0) is 0 Å². The Morgan fingerprint density at radius 2 is 2.19 bits per heavy atom. The Hall–Kier alpha value is -0.410. The first-order chi connectivity index (χ1) is 7.81. The van der Waals surface area contributed by atoms with Crippen molar-refractivity contribution in [2.24, 2.45) is 0 Å². The van der Waals surface area contributed by atoms with Crippen molar-refractivity contribution >= 4 is 11.3 Å². The Morgan fingerprint density at radius 1 is 1.44 bits per heavy atom. The van der Waals surface area contributed by atoms with Gasteiger partial charge in [0, 0.05) is 17.3 Å². The van der Waals surface area contributed by atoms with Crippen molar-refractivity contribution in [3.05, 3.63) is 16.1 Å². The molecule has 1 heterocycles. The first-order valence-electron chi connectivity index (χ1n) is 6.50. The molecule has 90 valence electrons. The quantitative estimate of drug-likeness (QED) is 0.861. The lowest BCUT2D eigenvalue weighted by molar-refractivity contribution is 0.441. The molecule has 0 amide bonds. The van der Waals surface area contributed by atoms with Crippen molar-refractivity contribution in [3.8, 4) is 0 Å². The Labute approximate surface area is 102 Å². The van der Waals surface area contributed by atoms with E-state index in [2.05, 4.69) is 24.5 Å². The SMILES string of the molecule is CCNC(C)c1csc(C2CCCCC2)n1. The zero-order valence-electron chi connectivity index (χ0n) is 10.3. The van der Waals surface area contributed by atoms with Crippen LogP contribution in [0.2, 0.25) is 0 Å². The van der Waals surface area contributed by atoms with Gasteiger partial charge in [0.1, 0.15) is 0 Å². The predicted molar refractivity (Wildman–Crippen MR) is 70.0 cm³/mol. The highest BCUT2D eigenvalue weighted by Crippen LogP contribution is 2.34. The molecule has 0 saturated heterocycles. The van der Waals surface area contributed by atoms with Gasteiger partial charge in [-0.05, 0) is 26.3 Å². The third-order valence-electron chi connectivity index (χ3n) is 3.45. The van der Waals surface area contributed by atoms with Gasteiger partial charge in [-0.3, -0.25) is 0 Å². The van der Waals surface area contributed by atoms with Crippen molar-refractivity contribution in [1.29, 1.82) is 0 Å². The molecule has 1 aliphatic carbocycles. The average molecular weight is 238 g/mol. The average Bonchev–Trinajstić information content (AvgIpc) is 2.80. The highest BCUT2D eigenvalue weighted by molar-refractivity contribution is 7.09. The van der Waals surface area contributed by atoms with E-state index in [0.29, 0.717) is 6.04 Å². The van der Waals surface area contributed by atoms with Crippen LogP contribution < -0.4 is 5.32 Å². The van der Waals surface area contributed by atoms with Crippen molar-refractivity contribution in [2.75, 3.05) is 6.54 Å². The molecule has 0 spiro atoms. The minimum atomic E-state index is 0.401. The zero-order valence-corrected chi connectivity index (χ0v) is 11.1. The van der Waals surface area contributed by atoms with E-state index in [1.54, 1.807) is 0 Å². The first kappa shape index (κ1) is 12.1. The van der Waals surface area contributed by atoms with Gasteiger partial charge in [0.15, 0.2) is 0 Å². The molecular formula is C13H22N2S. The monoisotopic (exact) mass is 238 g/mol. The first-order valence-corrected chi connectivity index (χ1v) is 7.38. The summed E-state index contributed by atoms with van der Waals surface area (Å²) < 4.78 is 0. The number of nitrogens with one attached hydrogen (secondary N) is 1. The van der Waals surface area contributed by atoms with E-state index in [-0.39, 0.29) is 0 Å². The normalized spacial score (nSPS) is 19.9. The van der Waals surface area contributed by atoms with Crippen LogP contribution in [0.4, 0.5) is 0 Å². The molecule has 1 aromatic rings. The summed E-state index contributed by atoms with van der Waals surface area (Å²) in [7, 11) is 0. The highest BCUT2D eigenvalue weighted by atomic mass is 32.1. The molecule has 1 fully saturated rings. The molecule has 2 nitrogen and oxygen atoms in total. The fraction of sp³-hybridized carbons (Fsp3) is 0.769. The number of thiazole rings is 1. The van der Waals surface area contributed by atoms with Crippen LogP contribution in [0.3, 0.4) is 0 Å². The summed E-state index contributed by atoms with van der Waals surface area (Å²) in [6, 6.07) is 0.401. The van der Waals surface area contributed by atoms with Crippen molar-refractivity contribution in [1.82, 2.24) is 10.3 Å². The summed E-state index contributed by atoms with van der Waals surface area (Å²) in [6.45, 7) is 5.35. The number of hydrogen-bond acceptors (Lipinski definition) is 3. The van der Waals surface area contributed by atoms with Gasteiger partial charge in [-0.1, -0.05) is 26.2 Å². The van der Waals surface area contributed by atoms with E-state index < -0.39 is 0 Å². The largest absolute Gasteiger partial charge is 0.309 e. The lowest BCUT2D eigenvalue weighted by Crippen LogP contribution is -2.18. The Bertz CT molecular complexity index is 315. The number of hydrogen-bond donors (Lipinski definition) is 1. The van der Waals surface area contributed by atoms with Crippen LogP contribution in [0.1, 0.15) is 68.6 Å². The Kier molecular flexibility index (Phi) is 4.36. The van der Waals surface area contributed by atoms with Crippen LogP contribution in [0.5, 0.6) is 0 Å². The molecule has 1 aromatic heterocycles. The maximum atomic E-state index is 4.81. The molecule has 0 radical (unpaired) electrons. The van der Waals surface area contributed by atoms with Crippen molar-refractivity contribution in [3.63, 3.8) is 0 Å². The number of rotatable bonds is 4. The lowest BCUT2D eigenvalue weighted by Gasteiger charge is -2.19. The van der Waals surface area contributed by atoms with Crippen molar-refractivity contribution in [2.45, 2.75) is 57.9 Å². The Balaban J connectivity index is 2.00. The second-order valence-corrected chi connectivity index (χ2v) is 5.61. The van der Waals surface area contributed by atoms with Gasteiger partial charge < -0.3 is 5.32 Å². The smallest absolute Gasteiger partial charge is 0.0959 e. The standard InChI is InChI=1S/C13H22N2S/c1-3-14-10(2)12-9-16-13(15-12)11-7-5-4-6-8-11/h9-11,14H,3-8H2,1-2H3. The van der Waals surface area contributed by atoms with E-state index in [4.69, 9.17) is 4.98 Å². The minimum Gasteiger partial charge on any atom is -0.309 e. The van der Waals surface area contributed by atoms with E-state index in [0.717, 1.165) is 12.5 Å². The van der Waals surface area contributed by atoms with Gasteiger partial charge in [0.2, 0.25) is 0 Å². The zero-order chi connectivity index (χ0) is 11.4. The van der Waals surface area contributed by atoms with Crippen LogP contribution >= 0.6 is 11.3 Å². The Morgan fingerprint density at radius 3 is 2.88 bits per heavy atom. The van der Waals surface area contributed by atoms with E-state index in [1.807, 2.05) is 11.3 Å². The third-order valence-corrected chi connectivity index (χ3v) is 4.47.